The fourth-order valence-electron chi connectivity index (χ4n) is 1.93. The molecular weight excluding hydrogens is 218 g/mol. The quantitative estimate of drug-likeness (QED) is 0.771. The molecule has 1 aromatic carbocycles. The number of benzene rings is 1. The fraction of sp³-hybridized carbons (Fsp3) is 0.571. The molecule has 0 amide bonds. The highest BCUT2D eigenvalue weighted by molar-refractivity contribution is 6.31. The van der Waals surface area contributed by atoms with Gasteiger partial charge in [-0.1, -0.05) is 50.4 Å². The summed E-state index contributed by atoms with van der Waals surface area (Å²) in [5.41, 5.74) is 2.52. The molecule has 16 heavy (non-hydrogen) atoms. The second-order valence-corrected chi connectivity index (χ2v) is 4.67. The van der Waals surface area contributed by atoms with Gasteiger partial charge in [-0.05, 0) is 37.1 Å². The van der Waals surface area contributed by atoms with E-state index in [1.807, 2.05) is 6.07 Å². The zero-order valence-electron chi connectivity index (χ0n) is 10.5. The first kappa shape index (κ1) is 13.5. The topological polar surface area (TPSA) is 12.0 Å². The molecule has 0 bridgehead atoms. The van der Waals surface area contributed by atoms with Crippen LogP contribution < -0.4 is 5.32 Å². The van der Waals surface area contributed by atoms with Gasteiger partial charge in [-0.15, -0.1) is 0 Å². The lowest BCUT2D eigenvalue weighted by Crippen LogP contribution is -2.20. The van der Waals surface area contributed by atoms with Gasteiger partial charge in [0.25, 0.3) is 0 Å². The average Bonchev–Trinajstić information content (AvgIpc) is 2.28. The Morgan fingerprint density at radius 3 is 2.62 bits per heavy atom. The second kappa shape index (κ2) is 6.93. The van der Waals surface area contributed by atoms with E-state index in [1.165, 1.54) is 30.4 Å². The van der Waals surface area contributed by atoms with E-state index in [4.69, 9.17) is 11.6 Å². The predicted molar refractivity (Wildman–Crippen MR) is 72.1 cm³/mol. The Kier molecular flexibility index (Phi) is 5.86. The van der Waals surface area contributed by atoms with Crippen molar-refractivity contribution < 1.29 is 0 Å². The fourth-order valence-corrected chi connectivity index (χ4v) is 2.04. The Bertz CT molecular complexity index is 323. The summed E-state index contributed by atoms with van der Waals surface area (Å²) in [6, 6.07) is 6.81. The number of halogens is 1. The van der Waals surface area contributed by atoms with Gasteiger partial charge in [-0.25, -0.2) is 0 Å². The number of hydrogen-bond donors (Lipinski definition) is 1. The van der Waals surface area contributed by atoms with Crippen molar-refractivity contribution in [2.24, 2.45) is 0 Å². The molecule has 0 radical (unpaired) electrons. The summed E-state index contributed by atoms with van der Waals surface area (Å²) in [6.45, 7) is 7.46. The Balaban J connectivity index is 2.78. The molecule has 0 aliphatic rings. The molecule has 1 N–H and O–H groups in total. The minimum absolute atomic E-state index is 0.473. The average molecular weight is 240 g/mol. The maximum absolute atomic E-state index is 6.05. The first-order valence-electron chi connectivity index (χ1n) is 6.18. The van der Waals surface area contributed by atoms with Crippen molar-refractivity contribution in [2.75, 3.05) is 6.54 Å². The van der Waals surface area contributed by atoms with Crippen LogP contribution in [-0.2, 0) is 0 Å². The summed E-state index contributed by atoms with van der Waals surface area (Å²) < 4.78 is 0. The number of rotatable bonds is 6. The van der Waals surface area contributed by atoms with Crippen LogP contribution in [0.3, 0.4) is 0 Å². The molecule has 0 aliphatic carbocycles. The Hall–Kier alpha value is -0.530. The summed E-state index contributed by atoms with van der Waals surface area (Å²) in [5, 5.41) is 4.39. The van der Waals surface area contributed by atoms with E-state index in [2.05, 4.69) is 38.2 Å². The van der Waals surface area contributed by atoms with Gasteiger partial charge in [-0.3, -0.25) is 0 Å². The summed E-state index contributed by atoms with van der Waals surface area (Å²) in [6.07, 6.45) is 3.71. The standard InChI is InChI=1S/C14H22ClN/c1-4-6-7-14(16-5-2)12-8-9-13(15)11(3)10-12/h8-10,14,16H,4-7H2,1-3H3. The third-order valence-corrected chi connectivity index (χ3v) is 3.31. The summed E-state index contributed by atoms with van der Waals surface area (Å²) >= 11 is 6.05. The van der Waals surface area contributed by atoms with Crippen LogP contribution in [0.1, 0.15) is 50.3 Å². The molecule has 1 nitrogen and oxygen atoms in total. The van der Waals surface area contributed by atoms with Crippen LogP contribution in [-0.4, -0.2) is 6.54 Å². The normalized spacial score (nSPS) is 12.8. The molecule has 2 heteroatoms. The van der Waals surface area contributed by atoms with Gasteiger partial charge < -0.3 is 5.32 Å². The minimum atomic E-state index is 0.473. The molecule has 90 valence electrons. The summed E-state index contributed by atoms with van der Waals surface area (Å²) in [5.74, 6) is 0. The van der Waals surface area contributed by atoms with Crippen molar-refractivity contribution in [3.05, 3.63) is 34.3 Å². The van der Waals surface area contributed by atoms with Crippen LogP contribution in [0.15, 0.2) is 18.2 Å². The summed E-state index contributed by atoms with van der Waals surface area (Å²) in [4.78, 5) is 0. The molecule has 0 aromatic heterocycles. The number of hydrogen-bond acceptors (Lipinski definition) is 1. The lowest BCUT2D eigenvalue weighted by molar-refractivity contribution is 0.494. The maximum atomic E-state index is 6.05. The van der Waals surface area contributed by atoms with Crippen molar-refractivity contribution in [3.63, 3.8) is 0 Å². The molecule has 0 heterocycles. The molecule has 0 saturated heterocycles. The smallest absolute Gasteiger partial charge is 0.0435 e. The maximum Gasteiger partial charge on any atom is 0.0435 e. The van der Waals surface area contributed by atoms with Crippen LogP contribution in [0, 0.1) is 6.92 Å². The third kappa shape index (κ3) is 3.80. The van der Waals surface area contributed by atoms with Crippen molar-refractivity contribution in [2.45, 2.75) is 46.1 Å². The SMILES string of the molecule is CCCCC(NCC)c1ccc(Cl)c(C)c1. The Morgan fingerprint density at radius 2 is 2.06 bits per heavy atom. The van der Waals surface area contributed by atoms with Gasteiger partial charge in [-0.2, -0.15) is 0 Å². The largest absolute Gasteiger partial charge is 0.310 e. The molecule has 1 aromatic rings. The monoisotopic (exact) mass is 239 g/mol. The van der Waals surface area contributed by atoms with Crippen LogP contribution in [0.4, 0.5) is 0 Å². The van der Waals surface area contributed by atoms with Gasteiger partial charge in [0.2, 0.25) is 0 Å². The van der Waals surface area contributed by atoms with Gasteiger partial charge >= 0.3 is 0 Å². The second-order valence-electron chi connectivity index (χ2n) is 4.26. The molecule has 0 fully saturated rings. The van der Waals surface area contributed by atoms with Gasteiger partial charge in [0.05, 0.1) is 0 Å². The Morgan fingerprint density at radius 1 is 1.31 bits per heavy atom. The number of aryl methyl sites for hydroxylation is 1. The lowest BCUT2D eigenvalue weighted by atomic mass is 9.99. The summed E-state index contributed by atoms with van der Waals surface area (Å²) in [7, 11) is 0. The number of nitrogens with one attached hydrogen (secondary N) is 1. The van der Waals surface area contributed by atoms with Crippen LogP contribution in [0.2, 0.25) is 5.02 Å². The molecule has 0 spiro atoms. The van der Waals surface area contributed by atoms with Gasteiger partial charge in [0.15, 0.2) is 0 Å². The van der Waals surface area contributed by atoms with E-state index in [1.54, 1.807) is 0 Å². The molecule has 1 rings (SSSR count). The molecule has 1 unspecified atom stereocenters. The minimum Gasteiger partial charge on any atom is -0.310 e. The van der Waals surface area contributed by atoms with Crippen molar-refractivity contribution in [3.8, 4) is 0 Å². The van der Waals surface area contributed by atoms with Crippen molar-refractivity contribution in [1.29, 1.82) is 0 Å². The predicted octanol–water partition coefficient (Wildman–Crippen LogP) is 4.49. The highest BCUT2D eigenvalue weighted by Crippen LogP contribution is 2.24. The van der Waals surface area contributed by atoms with E-state index in [9.17, 15) is 0 Å². The molecule has 0 aliphatic heterocycles. The highest BCUT2D eigenvalue weighted by Gasteiger charge is 2.10. The van der Waals surface area contributed by atoms with E-state index >= 15 is 0 Å². The first-order valence-corrected chi connectivity index (χ1v) is 6.56. The van der Waals surface area contributed by atoms with Crippen LogP contribution in [0.5, 0.6) is 0 Å². The van der Waals surface area contributed by atoms with Crippen molar-refractivity contribution in [1.82, 2.24) is 5.32 Å². The van der Waals surface area contributed by atoms with Crippen molar-refractivity contribution >= 4 is 11.6 Å². The zero-order chi connectivity index (χ0) is 12.0. The van der Waals surface area contributed by atoms with Gasteiger partial charge in [0, 0.05) is 11.1 Å². The van der Waals surface area contributed by atoms with E-state index < -0.39 is 0 Å². The number of unbranched alkanes of at least 4 members (excludes halogenated alkanes) is 1. The van der Waals surface area contributed by atoms with Gasteiger partial charge in [0.1, 0.15) is 0 Å². The van der Waals surface area contributed by atoms with Crippen LogP contribution in [0.25, 0.3) is 0 Å². The Labute approximate surface area is 104 Å². The van der Waals surface area contributed by atoms with E-state index in [0.29, 0.717) is 6.04 Å². The lowest BCUT2D eigenvalue weighted by Gasteiger charge is -2.18. The van der Waals surface area contributed by atoms with Crippen LogP contribution >= 0.6 is 11.6 Å². The van der Waals surface area contributed by atoms with E-state index in [0.717, 1.165) is 11.6 Å². The third-order valence-electron chi connectivity index (χ3n) is 2.88. The molecular formula is C14H22ClN. The highest BCUT2D eigenvalue weighted by atomic mass is 35.5. The van der Waals surface area contributed by atoms with E-state index in [-0.39, 0.29) is 0 Å². The molecule has 0 saturated carbocycles. The first-order chi connectivity index (χ1) is 7.69. The molecule has 1 atom stereocenters. The zero-order valence-corrected chi connectivity index (χ0v) is 11.3.